The number of carbonyl (C=O) groups excluding carboxylic acids is 3. The first kappa shape index (κ1) is 18.4. The van der Waals surface area contributed by atoms with E-state index in [-0.39, 0.29) is 17.9 Å². The van der Waals surface area contributed by atoms with E-state index in [1.54, 1.807) is 0 Å². The first-order valence-corrected chi connectivity index (χ1v) is 8.16. The SMILES string of the molecule is CC(C)C[C@H](NC(=O)OCc1ccccc1)C(=O)C(=O)CBr. The maximum absolute atomic E-state index is 12.0. The van der Waals surface area contributed by atoms with E-state index >= 15 is 0 Å². The summed E-state index contributed by atoms with van der Waals surface area (Å²) in [7, 11) is 0. The highest BCUT2D eigenvalue weighted by Crippen LogP contribution is 2.08. The van der Waals surface area contributed by atoms with Gasteiger partial charge in [0.25, 0.3) is 0 Å². The average Bonchev–Trinajstić information content (AvgIpc) is 2.51. The Hall–Kier alpha value is -1.69. The van der Waals surface area contributed by atoms with Crippen molar-refractivity contribution in [1.82, 2.24) is 5.32 Å². The molecule has 0 saturated carbocycles. The topological polar surface area (TPSA) is 72.5 Å². The second-order valence-corrected chi connectivity index (χ2v) is 5.87. The molecule has 1 atom stereocenters. The van der Waals surface area contributed by atoms with Crippen LogP contribution in [0.25, 0.3) is 0 Å². The van der Waals surface area contributed by atoms with Gasteiger partial charge in [-0.05, 0) is 17.9 Å². The molecule has 0 radical (unpaired) electrons. The first-order valence-electron chi connectivity index (χ1n) is 7.04. The summed E-state index contributed by atoms with van der Waals surface area (Å²) in [6.45, 7) is 3.94. The number of hydrogen-bond acceptors (Lipinski definition) is 4. The summed E-state index contributed by atoms with van der Waals surface area (Å²) in [5.74, 6) is -1.01. The van der Waals surface area contributed by atoms with Crippen molar-refractivity contribution in [3.05, 3.63) is 35.9 Å². The fraction of sp³-hybridized carbons (Fsp3) is 0.438. The van der Waals surface area contributed by atoms with Crippen LogP contribution >= 0.6 is 15.9 Å². The van der Waals surface area contributed by atoms with Crippen molar-refractivity contribution in [3.63, 3.8) is 0 Å². The zero-order valence-electron chi connectivity index (χ0n) is 12.7. The highest BCUT2D eigenvalue weighted by Gasteiger charge is 2.27. The van der Waals surface area contributed by atoms with Gasteiger partial charge < -0.3 is 10.1 Å². The standard InChI is InChI=1S/C16H20BrNO4/c1-11(2)8-13(15(20)14(19)9-17)18-16(21)22-10-12-6-4-3-5-7-12/h3-7,11,13H,8-10H2,1-2H3,(H,18,21)/t13-/m0/s1. The summed E-state index contributed by atoms with van der Waals surface area (Å²) in [6, 6.07) is 8.37. The van der Waals surface area contributed by atoms with Gasteiger partial charge in [0, 0.05) is 0 Å². The van der Waals surface area contributed by atoms with E-state index in [9.17, 15) is 14.4 Å². The molecule has 1 N–H and O–H groups in total. The Labute approximate surface area is 138 Å². The Morgan fingerprint density at radius 3 is 2.36 bits per heavy atom. The monoisotopic (exact) mass is 369 g/mol. The van der Waals surface area contributed by atoms with E-state index in [0.29, 0.717) is 6.42 Å². The summed E-state index contributed by atoms with van der Waals surface area (Å²) < 4.78 is 5.08. The molecule has 6 heteroatoms. The molecular weight excluding hydrogens is 350 g/mol. The number of nitrogens with one attached hydrogen (secondary N) is 1. The van der Waals surface area contributed by atoms with E-state index in [0.717, 1.165) is 5.56 Å². The molecular formula is C16H20BrNO4. The summed E-state index contributed by atoms with van der Waals surface area (Å²) in [4.78, 5) is 35.3. The number of benzene rings is 1. The normalized spacial score (nSPS) is 11.8. The van der Waals surface area contributed by atoms with E-state index in [1.807, 2.05) is 44.2 Å². The lowest BCUT2D eigenvalue weighted by Gasteiger charge is -2.18. The fourth-order valence-corrected chi connectivity index (χ4v) is 2.15. The van der Waals surface area contributed by atoms with Gasteiger partial charge in [0.2, 0.25) is 11.6 Å². The minimum atomic E-state index is -0.853. The number of Topliss-reactive ketones (excluding diaryl/α,β-unsaturated/α-hetero) is 2. The molecule has 0 heterocycles. The Morgan fingerprint density at radius 2 is 1.82 bits per heavy atom. The molecule has 0 saturated heterocycles. The van der Waals surface area contributed by atoms with Crippen LogP contribution in [0.1, 0.15) is 25.8 Å². The van der Waals surface area contributed by atoms with E-state index in [4.69, 9.17) is 4.74 Å². The molecule has 0 aliphatic carbocycles. The molecule has 0 aliphatic heterocycles. The van der Waals surface area contributed by atoms with Crippen LogP contribution in [0.3, 0.4) is 0 Å². The summed E-state index contributed by atoms with van der Waals surface area (Å²) in [5, 5.41) is 2.43. The third-order valence-corrected chi connectivity index (χ3v) is 3.43. The van der Waals surface area contributed by atoms with Crippen molar-refractivity contribution in [2.45, 2.75) is 32.9 Å². The predicted molar refractivity (Wildman–Crippen MR) is 86.8 cm³/mol. The van der Waals surface area contributed by atoms with Gasteiger partial charge >= 0.3 is 6.09 Å². The summed E-state index contributed by atoms with van der Waals surface area (Å²) in [5.41, 5.74) is 0.848. The van der Waals surface area contributed by atoms with Gasteiger partial charge in [-0.2, -0.15) is 0 Å². The largest absolute Gasteiger partial charge is 0.445 e. The second-order valence-electron chi connectivity index (χ2n) is 5.31. The summed E-state index contributed by atoms with van der Waals surface area (Å²) >= 11 is 2.96. The van der Waals surface area contributed by atoms with Crippen molar-refractivity contribution in [2.75, 3.05) is 5.33 Å². The number of ketones is 2. The van der Waals surface area contributed by atoms with Crippen molar-refractivity contribution in [1.29, 1.82) is 0 Å². The van der Waals surface area contributed by atoms with Crippen LogP contribution in [-0.4, -0.2) is 29.0 Å². The third-order valence-electron chi connectivity index (χ3n) is 2.92. The number of alkyl halides is 1. The van der Waals surface area contributed by atoms with Gasteiger partial charge in [-0.25, -0.2) is 4.79 Å². The maximum atomic E-state index is 12.0. The van der Waals surface area contributed by atoms with Crippen LogP contribution < -0.4 is 5.32 Å². The van der Waals surface area contributed by atoms with E-state index < -0.39 is 23.7 Å². The number of ether oxygens (including phenoxy) is 1. The van der Waals surface area contributed by atoms with Crippen LogP contribution in [0.15, 0.2) is 30.3 Å². The van der Waals surface area contributed by atoms with E-state index in [2.05, 4.69) is 21.2 Å². The minimum Gasteiger partial charge on any atom is -0.445 e. The molecule has 0 fully saturated rings. The van der Waals surface area contributed by atoms with Crippen LogP contribution in [0.5, 0.6) is 0 Å². The quantitative estimate of drug-likeness (QED) is 0.564. The lowest BCUT2D eigenvalue weighted by atomic mass is 9.99. The van der Waals surface area contributed by atoms with Crippen molar-refractivity contribution in [2.24, 2.45) is 5.92 Å². The molecule has 0 unspecified atom stereocenters. The van der Waals surface area contributed by atoms with Crippen LogP contribution in [-0.2, 0) is 20.9 Å². The molecule has 0 aromatic heterocycles. The average molecular weight is 370 g/mol. The molecule has 1 amide bonds. The van der Waals surface area contributed by atoms with Crippen molar-refractivity contribution < 1.29 is 19.1 Å². The van der Waals surface area contributed by atoms with Gasteiger partial charge in [-0.3, -0.25) is 9.59 Å². The van der Waals surface area contributed by atoms with Gasteiger partial charge in [0.15, 0.2) is 0 Å². The van der Waals surface area contributed by atoms with Gasteiger partial charge in [-0.15, -0.1) is 0 Å². The Balaban J connectivity index is 2.58. The maximum Gasteiger partial charge on any atom is 0.408 e. The minimum absolute atomic E-state index is 0.0544. The molecule has 0 bridgehead atoms. The molecule has 1 aromatic rings. The molecule has 0 spiro atoms. The van der Waals surface area contributed by atoms with Crippen molar-refractivity contribution in [3.8, 4) is 0 Å². The second kappa shape index (κ2) is 9.35. The smallest absolute Gasteiger partial charge is 0.408 e. The fourth-order valence-electron chi connectivity index (χ4n) is 1.87. The lowest BCUT2D eigenvalue weighted by Crippen LogP contribution is -2.45. The zero-order valence-corrected chi connectivity index (χ0v) is 14.3. The van der Waals surface area contributed by atoms with Gasteiger partial charge in [0.05, 0.1) is 11.4 Å². The number of hydrogen-bond donors (Lipinski definition) is 1. The van der Waals surface area contributed by atoms with Crippen LogP contribution in [0.2, 0.25) is 0 Å². The highest BCUT2D eigenvalue weighted by molar-refractivity contribution is 9.09. The Kier molecular flexibility index (Phi) is 7.80. The Morgan fingerprint density at radius 1 is 1.18 bits per heavy atom. The molecule has 1 rings (SSSR count). The summed E-state index contributed by atoms with van der Waals surface area (Å²) in [6.07, 6.45) is -0.317. The van der Waals surface area contributed by atoms with Gasteiger partial charge in [0.1, 0.15) is 6.61 Å². The van der Waals surface area contributed by atoms with Crippen molar-refractivity contribution >= 4 is 33.6 Å². The van der Waals surface area contributed by atoms with Crippen LogP contribution in [0.4, 0.5) is 4.79 Å². The lowest BCUT2D eigenvalue weighted by molar-refractivity contribution is -0.136. The number of halogens is 1. The van der Waals surface area contributed by atoms with E-state index in [1.165, 1.54) is 0 Å². The molecule has 0 aliphatic rings. The van der Waals surface area contributed by atoms with Gasteiger partial charge in [-0.1, -0.05) is 60.1 Å². The predicted octanol–water partition coefficient (Wildman–Crippen LogP) is 2.86. The number of amides is 1. The molecule has 22 heavy (non-hydrogen) atoms. The molecule has 1 aromatic carbocycles. The number of carbonyl (C=O) groups is 3. The Bertz CT molecular complexity index is 516. The number of alkyl carbamates (subject to hydrolysis) is 1. The van der Waals surface area contributed by atoms with Crippen LogP contribution in [0, 0.1) is 5.92 Å². The number of rotatable bonds is 8. The zero-order chi connectivity index (χ0) is 16.5. The highest BCUT2D eigenvalue weighted by atomic mass is 79.9. The third kappa shape index (κ3) is 6.39. The molecule has 120 valence electrons. The molecule has 5 nitrogen and oxygen atoms in total. The first-order chi connectivity index (χ1) is 10.4.